The minimum atomic E-state index is -5.23. The van der Waals surface area contributed by atoms with Gasteiger partial charge in [0.1, 0.15) is 5.75 Å². The minimum absolute atomic E-state index is 0.0887. The van der Waals surface area contributed by atoms with Gasteiger partial charge >= 0.3 is 12.4 Å². The van der Waals surface area contributed by atoms with E-state index in [1.54, 1.807) is 0 Å². The van der Waals surface area contributed by atoms with Crippen molar-refractivity contribution in [2.75, 3.05) is 10.4 Å². The van der Waals surface area contributed by atoms with Crippen LogP contribution in [0.25, 0.3) is 0 Å². The molecule has 16 heteroatoms. The molecule has 0 radical (unpaired) electrons. The van der Waals surface area contributed by atoms with E-state index in [2.05, 4.69) is 15.9 Å². The quantitative estimate of drug-likeness (QED) is 0.130. The first-order valence-electron chi connectivity index (χ1n) is 13.3. The van der Waals surface area contributed by atoms with Crippen molar-refractivity contribution in [1.29, 1.82) is 0 Å². The number of hydrogen-bond acceptors (Lipinski definition) is 5. The second-order valence-corrected chi connectivity index (χ2v) is 13.1. The number of fused-ring (bicyclic) bond motifs is 4. The van der Waals surface area contributed by atoms with E-state index in [1.807, 2.05) is 0 Å². The lowest BCUT2D eigenvalue weighted by atomic mass is 9.56. The largest absolute Gasteiger partial charge is 0.508 e. The van der Waals surface area contributed by atoms with Gasteiger partial charge in [0.2, 0.25) is 11.8 Å². The molecule has 2 heterocycles. The molecule has 0 aromatic heterocycles. The molecule has 4 aliphatic rings. The first-order chi connectivity index (χ1) is 20.9. The number of carbonyl (C=O) groups excluding carboxylic acids is 4. The van der Waals surface area contributed by atoms with Crippen LogP contribution in [0.4, 0.5) is 32.0 Å². The molecule has 45 heavy (non-hydrogen) atoms. The summed E-state index contributed by atoms with van der Waals surface area (Å²) in [5.74, 6) is -9.27. The number of hydrogen-bond donors (Lipinski definition) is 1. The van der Waals surface area contributed by atoms with Crippen molar-refractivity contribution in [3.05, 3.63) is 70.8 Å². The number of alkyl halides is 9. The first-order valence-corrected chi connectivity index (χ1v) is 15.2. The zero-order chi connectivity index (χ0) is 33.0. The number of para-hydroxylation sites is 1. The molecule has 2 aromatic rings. The number of carbonyl (C=O) groups is 4. The monoisotopic (exact) mass is 738 g/mol. The molecule has 1 saturated carbocycles. The summed E-state index contributed by atoms with van der Waals surface area (Å²) in [7, 11) is 0. The highest BCUT2D eigenvalue weighted by Gasteiger charge is 2.76. The Labute approximate surface area is 268 Å². The van der Waals surface area contributed by atoms with E-state index < -0.39 is 92.6 Å². The predicted molar refractivity (Wildman–Crippen MR) is 150 cm³/mol. The highest BCUT2D eigenvalue weighted by Crippen LogP contribution is 2.66. The van der Waals surface area contributed by atoms with E-state index in [9.17, 15) is 50.6 Å². The second kappa shape index (κ2) is 10.2. The maximum Gasteiger partial charge on any atom is 0.416 e. The van der Waals surface area contributed by atoms with Crippen LogP contribution in [-0.4, -0.2) is 48.8 Å². The maximum absolute atomic E-state index is 14.0. The van der Waals surface area contributed by atoms with Crippen LogP contribution in [0.1, 0.15) is 35.4 Å². The average molecular weight is 740 g/mol. The molecule has 238 valence electrons. The van der Waals surface area contributed by atoms with Crippen molar-refractivity contribution >= 4 is 68.4 Å². The third kappa shape index (κ3) is 4.38. The van der Waals surface area contributed by atoms with E-state index in [4.69, 9.17) is 23.2 Å². The summed E-state index contributed by atoms with van der Waals surface area (Å²) in [5, 5.41) is 10.8. The van der Waals surface area contributed by atoms with Crippen LogP contribution in [0.15, 0.2) is 54.1 Å². The lowest BCUT2D eigenvalue weighted by molar-refractivity contribution is -0.143. The van der Waals surface area contributed by atoms with Crippen LogP contribution >= 0.6 is 39.1 Å². The highest BCUT2D eigenvalue weighted by molar-refractivity contribution is 9.09. The first kappa shape index (κ1) is 31.9. The summed E-state index contributed by atoms with van der Waals surface area (Å²) >= 11 is 17.2. The summed E-state index contributed by atoms with van der Waals surface area (Å²) in [6.07, 6.45) is -9.61. The zero-order valence-corrected chi connectivity index (χ0v) is 25.5. The van der Waals surface area contributed by atoms with Crippen LogP contribution in [0, 0.1) is 17.8 Å². The van der Waals surface area contributed by atoms with Crippen molar-refractivity contribution in [3.8, 4) is 5.75 Å². The van der Waals surface area contributed by atoms with Gasteiger partial charge in [-0.3, -0.25) is 24.1 Å². The van der Waals surface area contributed by atoms with Gasteiger partial charge in [-0.2, -0.15) is 26.3 Å². The van der Waals surface area contributed by atoms with Crippen LogP contribution < -0.4 is 4.90 Å². The van der Waals surface area contributed by atoms with Gasteiger partial charge in [-0.05, 0) is 43.0 Å². The topological polar surface area (TPSA) is 95.0 Å². The molecule has 0 spiro atoms. The number of phenolic OH excluding ortho intramolecular Hbond substituents is 1. The third-order valence-electron chi connectivity index (χ3n) is 9.09. The number of phenols is 1. The minimum Gasteiger partial charge on any atom is -0.508 e. The Morgan fingerprint density at radius 2 is 1.49 bits per heavy atom. The Balaban J connectivity index is 1.51. The van der Waals surface area contributed by atoms with Crippen molar-refractivity contribution in [2.24, 2.45) is 17.8 Å². The number of allylic oxidation sites excluding steroid dienone is 2. The number of aromatic hydroxyl groups is 1. The van der Waals surface area contributed by atoms with Gasteiger partial charge in [-0.1, -0.05) is 45.8 Å². The zero-order valence-electron chi connectivity index (χ0n) is 22.4. The number of nitrogens with zero attached hydrogens (tertiary/aromatic N) is 2. The van der Waals surface area contributed by atoms with Crippen LogP contribution in [0.3, 0.4) is 0 Å². The van der Waals surface area contributed by atoms with Gasteiger partial charge in [0.25, 0.3) is 11.8 Å². The number of likely N-dealkylation sites (tertiary alicyclic amines) is 1. The highest BCUT2D eigenvalue weighted by atomic mass is 79.9. The SMILES string of the molecule is O=C1C2CC=C3C(CC4(Cl)C(=O)N(CBr)C(=O)C4(Cl)C3c3ccccc3O)C2C(=O)N1c1cc(C(F)(F)F)cc(C(F)(F)F)c1. The summed E-state index contributed by atoms with van der Waals surface area (Å²) in [6, 6.07) is 6.25. The fourth-order valence-corrected chi connectivity index (χ4v) is 8.57. The smallest absolute Gasteiger partial charge is 0.416 e. The molecule has 2 aromatic carbocycles. The Bertz CT molecular complexity index is 1680. The Kier molecular flexibility index (Phi) is 7.22. The van der Waals surface area contributed by atoms with E-state index in [0.717, 1.165) is 4.90 Å². The Hall–Kier alpha value is -3.10. The van der Waals surface area contributed by atoms with E-state index >= 15 is 0 Å². The van der Waals surface area contributed by atoms with Crippen LogP contribution in [0.2, 0.25) is 0 Å². The third-order valence-corrected chi connectivity index (χ3v) is 11.0. The van der Waals surface area contributed by atoms with Gasteiger partial charge in [0.05, 0.1) is 34.1 Å². The van der Waals surface area contributed by atoms with Gasteiger partial charge in [0.15, 0.2) is 9.75 Å². The Morgan fingerprint density at radius 3 is 2.04 bits per heavy atom. The molecule has 4 amide bonds. The molecule has 7 nitrogen and oxygen atoms in total. The molecular formula is C29H19BrCl2F6N2O5. The summed E-state index contributed by atoms with van der Waals surface area (Å²) < 4.78 is 81.7. The molecule has 6 rings (SSSR count). The Morgan fingerprint density at radius 1 is 0.889 bits per heavy atom. The molecule has 2 aliphatic heterocycles. The van der Waals surface area contributed by atoms with Gasteiger partial charge < -0.3 is 5.11 Å². The molecule has 3 fully saturated rings. The number of amides is 4. The van der Waals surface area contributed by atoms with Gasteiger partial charge in [-0.25, -0.2) is 4.90 Å². The standard InChI is InChI=1S/C29H19BrCl2F6N2O5/c30-11-39-24(44)26(31)10-18-15(21(27(26,32)25(39)45)16-3-1-2-4-19(16)41)5-6-17-20(18)23(43)40(22(17)42)14-8-12(28(33,34)35)7-13(9-14)29(36,37)38/h1-5,7-9,17-18,20-21,41H,6,10-11H2. The lowest BCUT2D eigenvalue weighted by Crippen LogP contribution is -2.60. The normalized spacial score (nSPS) is 31.6. The fraction of sp³-hybridized carbons (Fsp3) is 0.379. The van der Waals surface area contributed by atoms with Crippen LogP contribution in [0.5, 0.6) is 5.75 Å². The second-order valence-electron chi connectivity index (χ2n) is 11.3. The summed E-state index contributed by atoms with van der Waals surface area (Å²) in [5.41, 5.74) is -4.26. The summed E-state index contributed by atoms with van der Waals surface area (Å²) in [6.45, 7) is 0. The number of benzene rings is 2. The summed E-state index contributed by atoms with van der Waals surface area (Å²) in [4.78, 5) is 51.6. The molecule has 6 unspecified atom stereocenters. The molecule has 2 saturated heterocycles. The molecular weight excluding hydrogens is 721 g/mol. The van der Waals surface area contributed by atoms with Crippen LogP contribution in [-0.2, 0) is 31.5 Å². The molecule has 6 atom stereocenters. The number of rotatable bonds is 3. The maximum atomic E-state index is 14.0. The molecule has 1 N–H and O–H groups in total. The van der Waals surface area contributed by atoms with Gasteiger partial charge in [0, 0.05) is 11.5 Å². The predicted octanol–water partition coefficient (Wildman–Crippen LogP) is 6.35. The number of anilines is 1. The average Bonchev–Trinajstić information content (AvgIpc) is 3.30. The molecule has 2 aliphatic carbocycles. The van der Waals surface area contributed by atoms with E-state index in [0.29, 0.717) is 17.0 Å². The van der Waals surface area contributed by atoms with Crippen molar-refractivity contribution in [2.45, 2.75) is 40.9 Å². The number of imide groups is 2. The fourth-order valence-electron chi connectivity index (χ4n) is 7.15. The van der Waals surface area contributed by atoms with E-state index in [1.165, 1.54) is 30.3 Å². The van der Waals surface area contributed by atoms with E-state index in [-0.39, 0.29) is 34.8 Å². The number of halogens is 9. The molecule has 0 bridgehead atoms. The van der Waals surface area contributed by atoms with Crippen molar-refractivity contribution < 1.29 is 50.6 Å². The van der Waals surface area contributed by atoms with Crippen molar-refractivity contribution in [1.82, 2.24) is 4.90 Å². The lowest BCUT2D eigenvalue weighted by Gasteiger charge is -2.50. The van der Waals surface area contributed by atoms with Crippen molar-refractivity contribution in [3.63, 3.8) is 0 Å². The van der Waals surface area contributed by atoms with Gasteiger partial charge in [-0.15, -0.1) is 23.2 Å².